The topological polar surface area (TPSA) is 63.1 Å². The van der Waals surface area contributed by atoms with Crippen LogP contribution in [0.2, 0.25) is 0 Å². The molecule has 0 saturated carbocycles. The van der Waals surface area contributed by atoms with Crippen molar-refractivity contribution in [2.45, 2.75) is 18.6 Å². The Labute approximate surface area is 164 Å². The smallest absolute Gasteiger partial charge is 0.159 e. The molecule has 3 aromatic carbocycles. The highest BCUT2D eigenvalue weighted by Crippen LogP contribution is 2.29. The largest absolute Gasteiger partial charge is 0.457 e. The van der Waals surface area contributed by atoms with Crippen molar-refractivity contribution < 1.29 is 14.7 Å². The Hall–Kier alpha value is -3.31. The van der Waals surface area contributed by atoms with Crippen molar-refractivity contribution in [2.75, 3.05) is 6.54 Å². The zero-order valence-corrected chi connectivity index (χ0v) is 15.4. The molecule has 28 heavy (non-hydrogen) atoms. The highest BCUT2D eigenvalue weighted by molar-refractivity contribution is 5.83. The number of aliphatic hydroxyl groups is 1. The van der Waals surface area contributed by atoms with E-state index in [-0.39, 0.29) is 6.10 Å². The number of rotatable bonds is 6. The van der Waals surface area contributed by atoms with Crippen LogP contribution in [-0.4, -0.2) is 17.5 Å². The fourth-order valence-corrected chi connectivity index (χ4v) is 3.04. The lowest BCUT2D eigenvalue weighted by molar-refractivity contribution is 0.0856. The average molecular weight is 374 g/mol. The first-order chi connectivity index (χ1) is 13.8. The Kier molecular flexibility index (Phi) is 5.54. The van der Waals surface area contributed by atoms with Gasteiger partial charge in [0.25, 0.3) is 0 Å². The second kappa shape index (κ2) is 8.59. The molecule has 1 aliphatic rings. The van der Waals surface area contributed by atoms with Crippen molar-refractivity contribution >= 4 is 5.84 Å². The summed E-state index contributed by atoms with van der Waals surface area (Å²) in [5, 5.41) is 17.5. The summed E-state index contributed by atoms with van der Waals surface area (Å²) in [5.74, 6) is 2.32. The molecule has 142 valence electrons. The van der Waals surface area contributed by atoms with Gasteiger partial charge in [0.15, 0.2) is 6.10 Å². The number of nitrogens with zero attached hydrogens (tertiary/aromatic N) is 1. The van der Waals surface area contributed by atoms with Crippen molar-refractivity contribution in [2.24, 2.45) is 5.16 Å². The van der Waals surface area contributed by atoms with Crippen LogP contribution in [0.15, 0.2) is 90.1 Å². The van der Waals surface area contributed by atoms with E-state index in [1.54, 1.807) is 0 Å². The van der Waals surface area contributed by atoms with Gasteiger partial charge >= 0.3 is 0 Å². The Balaban J connectivity index is 1.29. The molecule has 1 heterocycles. The predicted octanol–water partition coefficient (Wildman–Crippen LogP) is 4.58. The zero-order chi connectivity index (χ0) is 19.2. The minimum Gasteiger partial charge on any atom is -0.457 e. The molecule has 2 atom stereocenters. The number of hydrogen-bond donors (Lipinski definition) is 2. The van der Waals surface area contributed by atoms with Crippen molar-refractivity contribution in [1.82, 2.24) is 5.32 Å². The molecule has 5 nitrogen and oxygen atoms in total. The first-order valence-corrected chi connectivity index (χ1v) is 9.30. The monoisotopic (exact) mass is 374 g/mol. The van der Waals surface area contributed by atoms with Gasteiger partial charge in [0, 0.05) is 6.54 Å². The van der Waals surface area contributed by atoms with Crippen molar-refractivity contribution in [3.63, 3.8) is 0 Å². The normalized spacial score (nSPS) is 16.8. The highest BCUT2D eigenvalue weighted by atomic mass is 16.6. The van der Waals surface area contributed by atoms with Crippen molar-refractivity contribution in [3.8, 4) is 11.5 Å². The lowest BCUT2D eigenvalue weighted by Gasteiger charge is -2.13. The van der Waals surface area contributed by atoms with E-state index in [1.807, 2.05) is 84.9 Å². The maximum absolute atomic E-state index is 10.2. The van der Waals surface area contributed by atoms with Crippen LogP contribution < -0.4 is 10.1 Å². The SMILES string of the molecule is O[C@H](CNC1=NO[C@@H](c2ccc(Oc3ccccc3)cc2)C1)c1ccccc1. The summed E-state index contributed by atoms with van der Waals surface area (Å²) in [6.07, 6.45) is -0.0834. The molecule has 0 amide bonds. The molecule has 0 saturated heterocycles. The molecule has 3 aromatic rings. The zero-order valence-electron chi connectivity index (χ0n) is 15.4. The Morgan fingerprint density at radius 3 is 2.29 bits per heavy atom. The summed E-state index contributed by atoms with van der Waals surface area (Å²) < 4.78 is 5.81. The van der Waals surface area contributed by atoms with Crippen LogP contribution >= 0.6 is 0 Å². The van der Waals surface area contributed by atoms with Gasteiger partial charge in [-0.3, -0.25) is 0 Å². The van der Waals surface area contributed by atoms with E-state index in [1.165, 1.54) is 0 Å². The first kappa shape index (κ1) is 18.1. The molecular weight excluding hydrogens is 352 g/mol. The number of ether oxygens (including phenoxy) is 1. The van der Waals surface area contributed by atoms with E-state index in [9.17, 15) is 5.11 Å². The van der Waals surface area contributed by atoms with Crippen LogP contribution in [-0.2, 0) is 4.84 Å². The maximum atomic E-state index is 10.2. The van der Waals surface area contributed by atoms with E-state index in [4.69, 9.17) is 9.57 Å². The number of nitrogens with one attached hydrogen (secondary N) is 1. The summed E-state index contributed by atoms with van der Waals surface area (Å²) in [5.41, 5.74) is 1.91. The highest BCUT2D eigenvalue weighted by Gasteiger charge is 2.23. The molecule has 0 aliphatic carbocycles. The number of aliphatic hydroxyl groups excluding tert-OH is 1. The molecule has 5 heteroatoms. The summed E-state index contributed by atoms with van der Waals surface area (Å²) in [6, 6.07) is 27.1. The van der Waals surface area contributed by atoms with E-state index in [0.29, 0.717) is 13.0 Å². The van der Waals surface area contributed by atoms with Gasteiger partial charge in [0.1, 0.15) is 17.3 Å². The van der Waals surface area contributed by atoms with Gasteiger partial charge in [-0.15, -0.1) is 0 Å². The molecule has 0 spiro atoms. The number of hydrogen-bond acceptors (Lipinski definition) is 5. The van der Waals surface area contributed by atoms with Gasteiger partial charge in [-0.05, 0) is 35.4 Å². The molecule has 0 aromatic heterocycles. The summed E-state index contributed by atoms with van der Waals surface area (Å²) in [6.45, 7) is 0.392. The molecule has 1 aliphatic heterocycles. The fourth-order valence-electron chi connectivity index (χ4n) is 3.04. The summed E-state index contributed by atoms with van der Waals surface area (Å²) >= 11 is 0. The summed E-state index contributed by atoms with van der Waals surface area (Å²) in [7, 11) is 0. The van der Waals surface area contributed by atoms with Gasteiger partial charge < -0.3 is 20.0 Å². The van der Waals surface area contributed by atoms with Crippen LogP contribution in [0.5, 0.6) is 11.5 Å². The second-order valence-electron chi connectivity index (χ2n) is 6.63. The van der Waals surface area contributed by atoms with Gasteiger partial charge in [0.05, 0.1) is 12.5 Å². The van der Waals surface area contributed by atoms with Gasteiger partial charge in [-0.1, -0.05) is 65.8 Å². The standard InChI is InChI=1S/C23H22N2O3/c26-21(17-7-3-1-4-8-17)16-24-23-15-22(28-25-23)18-11-13-20(14-12-18)27-19-9-5-2-6-10-19/h1-14,21-22,26H,15-16H2,(H,24,25)/t21-,22-/m1/s1. The molecule has 2 N–H and O–H groups in total. The fraction of sp³-hybridized carbons (Fsp3) is 0.174. The van der Waals surface area contributed by atoms with Crippen LogP contribution in [0.1, 0.15) is 29.8 Å². The Morgan fingerprint density at radius 2 is 1.57 bits per heavy atom. The van der Waals surface area contributed by atoms with Crippen LogP contribution in [0, 0.1) is 0 Å². The Bertz CT molecular complexity index is 912. The van der Waals surface area contributed by atoms with Crippen LogP contribution in [0.25, 0.3) is 0 Å². The minimum absolute atomic E-state index is 0.137. The van der Waals surface area contributed by atoms with Gasteiger partial charge in [0.2, 0.25) is 0 Å². The number of benzene rings is 3. The van der Waals surface area contributed by atoms with E-state index >= 15 is 0 Å². The minimum atomic E-state index is -0.586. The predicted molar refractivity (Wildman–Crippen MR) is 108 cm³/mol. The average Bonchev–Trinajstić information content (AvgIpc) is 3.23. The van der Waals surface area contributed by atoms with Crippen LogP contribution in [0.4, 0.5) is 0 Å². The number of oxime groups is 1. The molecule has 0 radical (unpaired) electrons. The molecule has 0 fully saturated rings. The van der Waals surface area contributed by atoms with E-state index in [2.05, 4.69) is 10.5 Å². The van der Waals surface area contributed by atoms with Crippen LogP contribution in [0.3, 0.4) is 0 Å². The molecule has 4 rings (SSSR count). The summed E-state index contributed by atoms with van der Waals surface area (Å²) in [4.78, 5) is 5.55. The second-order valence-corrected chi connectivity index (χ2v) is 6.63. The molecule has 0 bridgehead atoms. The lowest BCUT2D eigenvalue weighted by atomic mass is 10.1. The third-order valence-electron chi connectivity index (χ3n) is 4.58. The van der Waals surface area contributed by atoms with E-state index in [0.717, 1.165) is 28.5 Å². The number of para-hydroxylation sites is 1. The molecular formula is C23H22N2O3. The van der Waals surface area contributed by atoms with Gasteiger partial charge in [-0.2, -0.15) is 0 Å². The molecule has 0 unspecified atom stereocenters. The first-order valence-electron chi connectivity index (χ1n) is 9.30. The quantitative estimate of drug-likeness (QED) is 0.663. The third-order valence-corrected chi connectivity index (χ3v) is 4.58. The Morgan fingerprint density at radius 1 is 0.929 bits per heavy atom. The number of amidine groups is 1. The van der Waals surface area contributed by atoms with Crippen molar-refractivity contribution in [1.29, 1.82) is 0 Å². The lowest BCUT2D eigenvalue weighted by Crippen LogP contribution is -2.27. The third kappa shape index (κ3) is 4.50. The van der Waals surface area contributed by atoms with Gasteiger partial charge in [-0.25, -0.2) is 0 Å². The maximum Gasteiger partial charge on any atom is 0.159 e. The van der Waals surface area contributed by atoms with Crippen molar-refractivity contribution in [3.05, 3.63) is 96.1 Å². The van der Waals surface area contributed by atoms with E-state index < -0.39 is 6.10 Å².